The van der Waals surface area contributed by atoms with Crippen LogP contribution >= 0.6 is 11.3 Å². The van der Waals surface area contributed by atoms with Crippen molar-refractivity contribution in [2.75, 3.05) is 26.2 Å². The van der Waals surface area contributed by atoms with Gasteiger partial charge in [0.05, 0.1) is 10.9 Å². The number of rotatable bonds is 10. The summed E-state index contributed by atoms with van der Waals surface area (Å²) in [5, 5.41) is 5.06. The number of hydrogen-bond acceptors (Lipinski definition) is 5. The summed E-state index contributed by atoms with van der Waals surface area (Å²) in [7, 11) is 0. The van der Waals surface area contributed by atoms with Crippen molar-refractivity contribution in [2.24, 2.45) is 23.5 Å². The zero-order valence-corrected chi connectivity index (χ0v) is 22.9. The van der Waals surface area contributed by atoms with Crippen molar-refractivity contribution in [3.63, 3.8) is 0 Å². The Morgan fingerprint density at radius 2 is 1.79 bits per heavy atom. The van der Waals surface area contributed by atoms with E-state index in [4.69, 9.17) is 5.73 Å². The van der Waals surface area contributed by atoms with E-state index in [9.17, 15) is 14.4 Å². The molecular weight excluding hydrogens is 496 g/mol. The molecule has 1 aliphatic heterocycles. The van der Waals surface area contributed by atoms with E-state index < -0.39 is 6.04 Å². The number of amides is 3. The predicted molar refractivity (Wildman–Crippen MR) is 150 cm³/mol. The van der Waals surface area contributed by atoms with Crippen molar-refractivity contribution < 1.29 is 14.4 Å². The maximum Gasteiger partial charge on any atom is 0.264 e. The first-order valence-corrected chi connectivity index (χ1v) is 15.1. The van der Waals surface area contributed by atoms with Crippen molar-refractivity contribution in [2.45, 2.75) is 63.5 Å². The average molecular weight is 537 g/mol. The lowest BCUT2D eigenvalue weighted by Crippen LogP contribution is -2.47. The van der Waals surface area contributed by atoms with E-state index in [2.05, 4.69) is 17.4 Å². The Kier molecular flexibility index (Phi) is 8.79. The topological polar surface area (TPSA) is 95.7 Å². The van der Waals surface area contributed by atoms with Crippen LogP contribution in [0.2, 0.25) is 0 Å². The smallest absolute Gasteiger partial charge is 0.264 e. The molecule has 0 spiro atoms. The van der Waals surface area contributed by atoms with Gasteiger partial charge in [0.15, 0.2) is 0 Å². The summed E-state index contributed by atoms with van der Waals surface area (Å²) in [6, 6.07) is 13.1. The van der Waals surface area contributed by atoms with Gasteiger partial charge < -0.3 is 20.9 Å². The molecule has 1 aromatic carbocycles. The second-order valence-corrected chi connectivity index (χ2v) is 12.2. The molecule has 3 fully saturated rings. The highest BCUT2D eigenvalue weighted by molar-refractivity contribution is 7.12. The Bertz CT molecular complexity index is 1090. The lowest BCUT2D eigenvalue weighted by Gasteiger charge is -2.29. The highest BCUT2D eigenvalue weighted by Gasteiger charge is 2.45. The molecule has 0 radical (unpaired) electrons. The number of thiophene rings is 1. The van der Waals surface area contributed by atoms with Gasteiger partial charge in [-0.25, -0.2) is 0 Å². The molecule has 3 N–H and O–H groups in total. The summed E-state index contributed by atoms with van der Waals surface area (Å²) in [5.74, 6) is 0.996. The van der Waals surface area contributed by atoms with Crippen LogP contribution in [0.25, 0.3) is 0 Å². The average Bonchev–Trinajstić information content (AvgIpc) is 3.47. The summed E-state index contributed by atoms with van der Waals surface area (Å²) in [4.78, 5) is 44.8. The van der Waals surface area contributed by atoms with Gasteiger partial charge in [-0.1, -0.05) is 42.8 Å². The summed E-state index contributed by atoms with van der Waals surface area (Å²) >= 11 is 1.39. The highest BCUT2D eigenvalue weighted by Crippen LogP contribution is 2.34. The van der Waals surface area contributed by atoms with Gasteiger partial charge in [0, 0.05) is 25.6 Å². The van der Waals surface area contributed by atoms with Crippen molar-refractivity contribution in [3.05, 3.63) is 58.3 Å². The van der Waals surface area contributed by atoms with Gasteiger partial charge in [-0.3, -0.25) is 14.4 Å². The molecule has 7 nitrogen and oxygen atoms in total. The van der Waals surface area contributed by atoms with Crippen LogP contribution in [0.15, 0.2) is 47.8 Å². The zero-order chi connectivity index (χ0) is 26.5. The molecule has 3 amide bonds. The molecule has 3 aliphatic rings. The van der Waals surface area contributed by atoms with Crippen molar-refractivity contribution in [1.29, 1.82) is 0 Å². The first-order valence-electron chi connectivity index (χ1n) is 14.2. The molecule has 4 atom stereocenters. The van der Waals surface area contributed by atoms with Crippen LogP contribution < -0.4 is 11.1 Å². The molecule has 1 saturated heterocycles. The number of nitrogens with one attached hydrogen (secondary N) is 1. The minimum atomic E-state index is -0.574. The standard InChI is InChI=1S/C30H40N4O3S/c31-18-22-8-4-9-23(16-22)19-32-28(35)26-17-25(20-34(26)30(37)27-10-5-15-38-27)33(29(36)24-11-12-24)14-13-21-6-2-1-3-7-21/h1-3,5-7,10,15,22-26H,4,8-9,11-14,16-20,31H2,(H,32,35). The molecule has 0 bridgehead atoms. The molecule has 2 saturated carbocycles. The number of benzene rings is 1. The summed E-state index contributed by atoms with van der Waals surface area (Å²) < 4.78 is 0. The summed E-state index contributed by atoms with van der Waals surface area (Å²) in [6.07, 6.45) is 7.57. The first-order chi connectivity index (χ1) is 18.5. The number of likely N-dealkylation sites (tertiary alicyclic amines) is 1. The van der Waals surface area contributed by atoms with Gasteiger partial charge in [0.25, 0.3) is 5.91 Å². The lowest BCUT2D eigenvalue weighted by molar-refractivity contribution is -0.135. The normalized spacial score (nSPS) is 25.2. The number of carbonyl (C=O) groups excluding carboxylic acids is 3. The van der Waals surface area contributed by atoms with Gasteiger partial charge in [-0.05, 0) is 80.3 Å². The van der Waals surface area contributed by atoms with Crippen LogP contribution in [0, 0.1) is 17.8 Å². The molecule has 204 valence electrons. The molecular formula is C30H40N4O3S. The third-order valence-corrected chi connectivity index (χ3v) is 9.36. The van der Waals surface area contributed by atoms with Crippen LogP contribution in [-0.4, -0.2) is 65.8 Å². The number of carbonyl (C=O) groups is 3. The van der Waals surface area contributed by atoms with E-state index in [1.54, 1.807) is 4.90 Å². The molecule has 38 heavy (non-hydrogen) atoms. The van der Waals surface area contributed by atoms with Crippen LogP contribution in [0.5, 0.6) is 0 Å². The van der Waals surface area contributed by atoms with E-state index in [1.165, 1.54) is 23.3 Å². The second kappa shape index (κ2) is 12.4. The fourth-order valence-corrected chi connectivity index (χ4v) is 6.83. The van der Waals surface area contributed by atoms with Crippen LogP contribution in [0.4, 0.5) is 0 Å². The summed E-state index contributed by atoms with van der Waals surface area (Å²) in [6.45, 7) is 2.31. The molecule has 2 aliphatic carbocycles. The molecule has 2 aromatic rings. The van der Waals surface area contributed by atoms with E-state index in [1.807, 2.05) is 40.6 Å². The fraction of sp³-hybridized carbons (Fsp3) is 0.567. The minimum Gasteiger partial charge on any atom is -0.354 e. The predicted octanol–water partition coefficient (Wildman–Crippen LogP) is 3.69. The summed E-state index contributed by atoms with van der Waals surface area (Å²) in [5.41, 5.74) is 7.09. The zero-order valence-electron chi connectivity index (χ0n) is 22.1. The number of hydrogen-bond donors (Lipinski definition) is 2. The Hall–Kier alpha value is -2.71. The van der Waals surface area contributed by atoms with Gasteiger partial charge in [-0.15, -0.1) is 11.3 Å². The molecule has 2 heterocycles. The van der Waals surface area contributed by atoms with Crippen LogP contribution in [0.1, 0.15) is 60.2 Å². The molecule has 1 aromatic heterocycles. The van der Waals surface area contributed by atoms with E-state index in [-0.39, 0.29) is 29.7 Å². The van der Waals surface area contributed by atoms with E-state index in [0.29, 0.717) is 49.3 Å². The monoisotopic (exact) mass is 536 g/mol. The van der Waals surface area contributed by atoms with E-state index >= 15 is 0 Å². The minimum absolute atomic E-state index is 0.0851. The lowest BCUT2D eigenvalue weighted by atomic mass is 9.81. The molecule has 8 heteroatoms. The Labute approximate surface area is 229 Å². The Balaban J connectivity index is 1.30. The van der Waals surface area contributed by atoms with Crippen molar-refractivity contribution in [1.82, 2.24) is 15.1 Å². The maximum atomic E-state index is 13.6. The van der Waals surface area contributed by atoms with Crippen LogP contribution in [0.3, 0.4) is 0 Å². The van der Waals surface area contributed by atoms with Gasteiger partial charge in [0.1, 0.15) is 6.04 Å². The van der Waals surface area contributed by atoms with Gasteiger partial charge in [0.2, 0.25) is 11.8 Å². The van der Waals surface area contributed by atoms with Gasteiger partial charge >= 0.3 is 0 Å². The molecule has 5 rings (SSSR count). The quantitative estimate of drug-likeness (QED) is 0.484. The van der Waals surface area contributed by atoms with Crippen molar-refractivity contribution in [3.8, 4) is 0 Å². The fourth-order valence-electron chi connectivity index (χ4n) is 6.15. The Morgan fingerprint density at radius 1 is 1.00 bits per heavy atom. The van der Waals surface area contributed by atoms with E-state index in [0.717, 1.165) is 38.5 Å². The Morgan fingerprint density at radius 3 is 2.50 bits per heavy atom. The van der Waals surface area contributed by atoms with Crippen LogP contribution in [-0.2, 0) is 16.0 Å². The number of nitrogens with two attached hydrogens (primary N) is 1. The largest absolute Gasteiger partial charge is 0.354 e. The number of nitrogens with zero attached hydrogens (tertiary/aromatic N) is 2. The molecule has 4 unspecified atom stereocenters. The van der Waals surface area contributed by atoms with Gasteiger partial charge in [-0.2, -0.15) is 0 Å². The third kappa shape index (κ3) is 6.46. The second-order valence-electron chi connectivity index (χ2n) is 11.3. The SMILES string of the molecule is NCC1CCCC(CNC(=O)C2CC(N(CCc3ccccc3)C(=O)C3CC3)CN2C(=O)c2cccs2)C1. The third-order valence-electron chi connectivity index (χ3n) is 8.50. The first kappa shape index (κ1) is 26.9. The maximum absolute atomic E-state index is 13.6. The highest BCUT2D eigenvalue weighted by atomic mass is 32.1. The van der Waals surface area contributed by atoms with Crippen molar-refractivity contribution >= 4 is 29.1 Å².